The number of hydrogen-bond donors (Lipinski definition) is 4. The third kappa shape index (κ3) is 8.98. The molecule has 0 atom stereocenters. The van der Waals surface area contributed by atoms with Crippen LogP contribution in [0, 0.1) is 0 Å². The Labute approximate surface area is 127 Å². The summed E-state index contributed by atoms with van der Waals surface area (Å²) in [6.07, 6.45) is 5.63. The summed E-state index contributed by atoms with van der Waals surface area (Å²) in [4.78, 5) is 23.1. The van der Waals surface area contributed by atoms with Crippen LogP contribution in [0.15, 0.2) is 0 Å². The molecule has 0 radical (unpaired) electrons. The van der Waals surface area contributed by atoms with Crippen LogP contribution >= 0.6 is 12.4 Å². The van der Waals surface area contributed by atoms with E-state index in [1.54, 1.807) is 0 Å². The Morgan fingerprint density at radius 3 is 2.30 bits per heavy atom. The van der Waals surface area contributed by atoms with E-state index >= 15 is 0 Å². The molecule has 0 aromatic rings. The zero-order valence-corrected chi connectivity index (χ0v) is 13.1. The van der Waals surface area contributed by atoms with Gasteiger partial charge in [-0.1, -0.05) is 19.3 Å². The van der Waals surface area contributed by atoms with Crippen LogP contribution in [0.2, 0.25) is 0 Å². The molecule has 5 N–H and O–H groups in total. The molecule has 1 fully saturated rings. The summed E-state index contributed by atoms with van der Waals surface area (Å²) in [7, 11) is 0. The van der Waals surface area contributed by atoms with Crippen LogP contribution in [0.5, 0.6) is 0 Å². The van der Waals surface area contributed by atoms with Crippen LogP contribution in [0.1, 0.15) is 46.0 Å². The molecule has 6 nitrogen and oxygen atoms in total. The van der Waals surface area contributed by atoms with Crippen LogP contribution in [-0.2, 0) is 4.79 Å². The van der Waals surface area contributed by atoms with Gasteiger partial charge in [0.05, 0.1) is 6.54 Å². The van der Waals surface area contributed by atoms with Gasteiger partial charge in [0, 0.05) is 18.1 Å². The van der Waals surface area contributed by atoms with Crippen LogP contribution in [-0.4, -0.2) is 36.6 Å². The van der Waals surface area contributed by atoms with E-state index in [1.165, 1.54) is 6.42 Å². The molecule has 1 rings (SSSR count). The van der Waals surface area contributed by atoms with Crippen molar-refractivity contribution in [2.24, 2.45) is 5.73 Å². The van der Waals surface area contributed by atoms with Crippen molar-refractivity contribution in [3.63, 3.8) is 0 Å². The molecule has 0 aliphatic heterocycles. The Bertz CT molecular complexity index is 312. The summed E-state index contributed by atoms with van der Waals surface area (Å²) in [5.74, 6) is -0.225. The van der Waals surface area contributed by atoms with E-state index in [-0.39, 0.29) is 36.9 Å². The third-order valence-electron chi connectivity index (χ3n) is 3.09. The first-order valence-corrected chi connectivity index (χ1v) is 6.97. The quantitative estimate of drug-likeness (QED) is 0.607. The summed E-state index contributed by atoms with van der Waals surface area (Å²) < 4.78 is 0. The Kier molecular flexibility index (Phi) is 8.57. The van der Waals surface area contributed by atoms with E-state index < -0.39 is 5.54 Å². The number of halogens is 1. The molecule has 0 unspecified atom stereocenters. The van der Waals surface area contributed by atoms with Gasteiger partial charge < -0.3 is 21.7 Å². The Morgan fingerprint density at radius 1 is 1.15 bits per heavy atom. The number of hydrogen-bond acceptors (Lipinski definition) is 3. The van der Waals surface area contributed by atoms with Gasteiger partial charge in [0.1, 0.15) is 0 Å². The zero-order valence-electron chi connectivity index (χ0n) is 12.3. The number of carbonyl (C=O) groups is 2. The van der Waals surface area contributed by atoms with Gasteiger partial charge in [-0.25, -0.2) is 4.79 Å². The van der Waals surface area contributed by atoms with Gasteiger partial charge >= 0.3 is 6.03 Å². The zero-order chi connectivity index (χ0) is 14.3. The lowest BCUT2D eigenvalue weighted by Crippen LogP contribution is -2.49. The fraction of sp³-hybridized carbons (Fsp3) is 0.846. The number of amides is 3. The van der Waals surface area contributed by atoms with E-state index in [0.29, 0.717) is 6.54 Å². The molecule has 1 saturated carbocycles. The molecule has 0 aromatic heterocycles. The highest BCUT2D eigenvalue weighted by atomic mass is 35.5. The molecule has 20 heavy (non-hydrogen) atoms. The summed E-state index contributed by atoms with van der Waals surface area (Å²) in [5, 5.41) is 8.13. The van der Waals surface area contributed by atoms with Gasteiger partial charge in [-0.05, 0) is 26.7 Å². The molecule has 0 saturated heterocycles. The summed E-state index contributed by atoms with van der Waals surface area (Å²) in [5.41, 5.74) is 5.30. The second-order valence-corrected chi connectivity index (χ2v) is 5.93. The molecular formula is C13H27ClN4O2. The van der Waals surface area contributed by atoms with Crippen molar-refractivity contribution >= 4 is 24.3 Å². The van der Waals surface area contributed by atoms with E-state index in [9.17, 15) is 9.59 Å². The number of rotatable bonds is 5. The monoisotopic (exact) mass is 306 g/mol. The number of nitrogens with one attached hydrogen (secondary N) is 3. The number of urea groups is 1. The third-order valence-corrected chi connectivity index (χ3v) is 3.09. The molecule has 0 spiro atoms. The van der Waals surface area contributed by atoms with Crippen LogP contribution < -0.4 is 21.7 Å². The maximum Gasteiger partial charge on any atom is 0.315 e. The molecule has 0 aromatic carbocycles. The van der Waals surface area contributed by atoms with Crippen molar-refractivity contribution in [2.45, 2.75) is 57.5 Å². The molecule has 1 aliphatic rings. The lowest BCUT2D eigenvalue weighted by molar-refractivity contribution is -0.120. The highest BCUT2D eigenvalue weighted by Gasteiger charge is 2.16. The van der Waals surface area contributed by atoms with Crippen LogP contribution in [0.3, 0.4) is 0 Å². The number of carbonyl (C=O) groups excluding carboxylic acids is 2. The first-order valence-electron chi connectivity index (χ1n) is 6.97. The number of nitrogens with two attached hydrogens (primary N) is 1. The lowest BCUT2D eigenvalue weighted by Gasteiger charge is -2.23. The normalized spacial score (nSPS) is 15.9. The first kappa shape index (κ1) is 19.0. The van der Waals surface area contributed by atoms with Gasteiger partial charge in [0.25, 0.3) is 0 Å². The largest absolute Gasteiger partial charge is 0.353 e. The van der Waals surface area contributed by atoms with Crippen LogP contribution in [0.4, 0.5) is 4.79 Å². The lowest BCUT2D eigenvalue weighted by atomic mass is 9.96. The average molecular weight is 307 g/mol. The minimum Gasteiger partial charge on any atom is -0.353 e. The molecule has 1 aliphatic carbocycles. The van der Waals surface area contributed by atoms with Crippen molar-refractivity contribution in [3.8, 4) is 0 Å². The minimum atomic E-state index is -0.444. The molecule has 7 heteroatoms. The summed E-state index contributed by atoms with van der Waals surface area (Å²) in [6.45, 7) is 4.03. The highest BCUT2D eigenvalue weighted by Crippen LogP contribution is 2.16. The van der Waals surface area contributed by atoms with E-state index in [4.69, 9.17) is 5.73 Å². The van der Waals surface area contributed by atoms with Crippen molar-refractivity contribution < 1.29 is 9.59 Å². The van der Waals surface area contributed by atoms with Gasteiger partial charge in [-0.15, -0.1) is 12.4 Å². The fourth-order valence-corrected chi connectivity index (χ4v) is 2.03. The van der Waals surface area contributed by atoms with E-state index in [1.807, 2.05) is 13.8 Å². The fourth-order valence-electron chi connectivity index (χ4n) is 2.03. The van der Waals surface area contributed by atoms with Gasteiger partial charge in [-0.2, -0.15) is 0 Å². The van der Waals surface area contributed by atoms with Gasteiger partial charge in [0.15, 0.2) is 0 Å². The molecule has 0 heterocycles. The van der Waals surface area contributed by atoms with E-state index in [0.717, 1.165) is 25.7 Å². The van der Waals surface area contributed by atoms with Gasteiger partial charge in [0.2, 0.25) is 5.91 Å². The highest BCUT2D eigenvalue weighted by molar-refractivity contribution is 5.85. The Balaban J connectivity index is 0.00000361. The van der Waals surface area contributed by atoms with Crippen molar-refractivity contribution in [1.29, 1.82) is 0 Å². The Hall–Kier alpha value is -1.01. The van der Waals surface area contributed by atoms with Gasteiger partial charge in [-0.3, -0.25) is 4.79 Å². The van der Waals surface area contributed by atoms with E-state index in [2.05, 4.69) is 16.0 Å². The van der Waals surface area contributed by atoms with Crippen LogP contribution in [0.25, 0.3) is 0 Å². The summed E-state index contributed by atoms with van der Waals surface area (Å²) >= 11 is 0. The maximum absolute atomic E-state index is 11.6. The predicted octanol–water partition coefficient (Wildman–Crippen LogP) is 0.894. The molecule has 0 bridgehead atoms. The molecule has 3 amide bonds. The van der Waals surface area contributed by atoms with Crippen molar-refractivity contribution in [3.05, 3.63) is 0 Å². The Morgan fingerprint density at radius 2 is 1.75 bits per heavy atom. The average Bonchev–Trinajstić information content (AvgIpc) is 2.34. The predicted molar refractivity (Wildman–Crippen MR) is 81.9 cm³/mol. The minimum absolute atomic E-state index is 0. The smallest absolute Gasteiger partial charge is 0.315 e. The second kappa shape index (κ2) is 9.02. The second-order valence-electron chi connectivity index (χ2n) is 5.93. The maximum atomic E-state index is 11.6. The molecular weight excluding hydrogens is 280 g/mol. The van der Waals surface area contributed by atoms with Crippen molar-refractivity contribution in [2.75, 3.05) is 13.1 Å². The topological polar surface area (TPSA) is 96.2 Å². The first-order chi connectivity index (χ1) is 8.87. The SMILES string of the molecule is CC(C)(N)CNC(=O)CNC(=O)NC1CCCCC1.Cl. The standard InChI is InChI=1S/C13H26N4O2.ClH/c1-13(2,14)9-16-11(18)8-15-12(19)17-10-6-4-3-5-7-10;/h10H,3-9,14H2,1-2H3,(H,16,18)(H2,15,17,19);1H. The molecule has 118 valence electrons. The van der Waals surface area contributed by atoms with Crippen molar-refractivity contribution in [1.82, 2.24) is 16.0 Å². The summed E-state index contributed by atoms with van der Waals surface area (Å²) in [6, 6.07) is -0.0196.